The molecule has 134 valence electrons. The van der Waals surface area contributed by atoms with Crippen LogP contribution in [0.15, 0.2) is 24.3 Å². The van der Waals surface area contributed by atoms with Gasteiger partial charge in [-0.1, -0.05) is 12.1 Å². The zero-order chi connectivity index (χ0) is 17.7. The second-order valence-corrected chi connectivity index (χ2v) is 6.75. The molecule has 0 spiro atoms. The summed E-state index contributed by atoms with van der Waals surface area (Å²) in [7, 11) is 3.68. The molecule has 1 aromatic rings. The molecule has 0 bridgehead atoms. The molecule has 1 heterocycles. The number of amides is 1. The third-order valence-electron chi connectivity index (χ3n) is 4.78. The van der Waals surface area contributed by atoms with Crippen LogP contribution in [0.2, 0.25) is 0 Å². The van der Waals surface area contributed by atoms with Gasteiger partial charge in [0.25, 0.3) is 0 Å². The number of piperazine rings is 1. The summed E-state index contributed by atoms with van der Waals surface area (Å²) in [6.07, 6.45) is 0. The Bertz CT molecular complexity index is 525. The molecular weight excluding hydrogens is 300 g/mol. The number of rotatable bonds is 6. The van der Waals surface area contributed by atoms with Crippen molar-refractivity contribution < 1.29 is 4.79 Å². The standard InChI is InChI=1S/C19H32N4O/c1-6-22(7-2)17-10-8-16(9-11-17)18(19(24)21(4)5)23-13-12-20-15(3)14-23/h8-11,15,18,20H,6-7,12-14H2,1-5H3. The summed E-state index contributed by atoms with van der Waals surface area (Å²) in [4.78, 5) is 19.2. The second-order valence-electron chi connectivity index (χ2n) is 6.75. The molecule has 2 rings (SSSR count). The second kappa shape index (κ2) is 8.49. The van der Waals surface area contributed by atoms with Crippen LogP contribution in [-0.4, -0.2) is 68.6 Å². The number of hydrogen-bond donors (Lipinski definition) is 1. The minimum absolute atomic E-state index is 0.152. The van der Waals surface area contributed by atoms with Crippen molar-refractivity contribution in [2.45, 2.75) is 32.9 Å². The topological polar surface area (TPSA) is 38.8 Å². The molecule has 1 aliphatic heterocycles. The highest BCUT2D eigenvalue weighted by Crippen LogP contribution is 2.26. The van der Waals surface area contributed by atoms with Gasteiger partial charge in [-0.15, -0.1) is 0 Å². The Hall–Kier alpha value is -1.59. The van der Waals surface area contributed by atoms with Gasteiger partial charge in [-0.05, 0) is 38.5 Å². The Morgan fingerprint density at radius 2 is 1.88 bits per heavy atom. The quantitative estimate of drug-likeness (QED) is 0.864. The third kappa shape index (κ3) is 4.28. The number of hydrogen-bond acceptors (Lipinski definition) is 4. The number of nitrogens with one attached hydrogen (secondary N) is 1. The van der Waals surface area contributed by atoms with Gasteiger partial charge in [0.05, 0.1) is 0 Å². The van der Waals surface area contributed by atoms with Crippen molar-refractivity contribution >= 4 is 11.6 Å². The van der Waals surface area contributed by atoms with Gasteiger partial charge in [0, 0.05) is 58.5 Å². The van der Waals surface area contributed by atoms with Crippen LogP contribution in [0.5, 0.6) is 0 Å². The Labute approximate surface area is 146 Å². The summed E-state index contributed by atoms with van der Waals surface area (Å²) in [5.41, 5.74) is 2.30. The molecule has 2 unspecified atom stereocenters. The first-order valence-corrected chi connectivity index (χ1v) is 9.01. The smallest absolute Gasteiger partial charge is 0.244 e. The molecule has 1 saturated heterocycles. The lowest BCUT2D eigenvalue weighted by Gasteiger charge is -2.38. The zero-order valence-electron chi connectivity index (χ0n) is 15.7. The van der Waals surface area contributed by atoms with Crippen LogP contribution in [0.25, 0.3) is 0 Å². The first-order valence-electron chi connectivity index (χ1n) is 9.01. The van der Waals surface area contributed by atoms with Crippen LogP contribution < -0.4 is 10.2 Å². The normalized spacial score (nSPS) is 19.8. The Morgan fingerprint density at radius 3 is 2.38 bits per heavy atom. The molecule has 2 atom stereocenters. The highest BCUT2D eigenvalue weighted by atomic mass is 16.2. The van der Waals surface area contributed by atoms with Crippen molar-refractivity contribution in [1.82, 2.24) is 15.1 Å². The van der Waals surface area contributed by atoms with Crippen molar-refractivity contribution in [3.63, 3.8) is 0 Å². The molecule has 1 fully saturated rings. The van der Waals surface area contributed by atoms with Gasteiger partial charge in [0.1, 0.15) is 6.04 Å². The van der Waals surface area contributed by atoms with Crippen LogP contribution in [0.1, 0.15) is 32.4 Å². The van der Waals surface area contributed by atoms with Gasteiger partial charge in [-0.2, -0.15) is 0 Å². The molecule has 1 N–H and O–H groups in total. The minimum Gasteiger partial charge on any atom is -0.372 e. The molecule has 0 aliphatic carbocycles. The first kappa shape index (κ1) is 18.7. The SMILES string of the molecule is CCN(CC)c1ccc(C(C(=O)N(C)C)N2CCNC(C)C2)cc1. The van der Waals surface area contributed by atoms with Crippen LogP contribution >= 0.6 is 0 Å². The van der Waals surface area contributed by atoms with Gasteiger partial charge in [0.2, 0.25) is 5.91 Å². The van der Waals surface area contributed by atoms with E-state index in [2.05, 4.69) is 60.2 Å². The fourth-order valence-electron chi connectivity index (χ4n) is 3.41. The van der Waals surface area contributed by atoms with E-state index >= 15 is 0 Å². The minimum atomic E-state index is -0.199. The maximum atomic E-state index is 12.8. The number of anilines is 1. The maximum Gasteiger partial charge on any atom is 0.244 e. The molecular formula is C19H32N4O. The van der Waals surface area contributed by atoms with Crippen molar-refractivity contribution in [2.75, 3.05) is 51.7 Å². The molecule has 0 saturated carbocycles. The Balaban J connectivity index is 2.28. The summed E-state index contributed by atoms with van der Waals surface area (Å²) >= 11 is 0. The lowest BCUT2D eigenvalue weighted by atomic mass is 10.0. The first-order chi connectivity index (χ1) is 11.5. The van der Waals surface area contributed by atoms with Gasteiger partial charge < -0.3 is 15.1 Å². The Morgan fingerprint density at radius 1 is 1.25 bits per heavy atom. The maximum absolute atomic E-state index is 12.8. The van der Waals surface area contributed by atoms with Crippen molar-refractivity contribution in [1.29, 1.82) is 0 Å². The number of carbonyl (C=O) groups is 1. The third-order valence-corrected chi connectivity index (χ3v) is 4.78. The van der Waals surface area contributed by atoms with E-state index in [0.717, 1.165) is 38.3 Å². The van der Waals surface area contributed by atoms with E-state index in [0.29, 0.717) is 6.04 Å². The predicted molar refractivity (Wildman–Crippen MR) is 100 cm³/mol. The van der Waals surface area contributed by atoms with Gasteiger partial charge >= 0.3 is 0 Å². The summed E-state index contributed by atoms with van der Waals surface area (Å²) < 4.78 is 0. The van der Waals surface area contributed by atoms with E-state index in [-0.39, 0.29) is 11.9 Å². The molecule has 24 heavy (non-hydrogen) atoms. The van der Waals surface area contributed by atoms with E-state index in [1.165, 1.54) is 5.69 Å². The van der Waals surface area contributed by atoms with Crippen LogP contribution in [0.3, 0.4) is 0 Å². The molecule has 0 aromatic heterocycles. The summed E-state index contributed by atoms with van der Waals surface area (Å²) in [5.74, 6) is 0.152. The highest BCUT2D eigenvalue weighted by molar-refractivity contribution is 5.83. The fourth-order valence-corrected chi connectivity index (χ4v) is 3.41. The highest BCUT2D eigenvalue weighted by Gasteiger charge is 2.31. The fraction of sp³-hybridized carbons (Fsp3) is 0.632. The van der Waals surface area contributed by atoms with Gasteiger partial charge in [-0.25, -0.2) is 0 Å². The van der Waals surface area contributed by atoms with Crippen molar-refractivity contribution in [2.24, 2.45) is 0 Å². The van der Waals surface area contributed by atoms with Gasteiger partial charge in [-0.3, -0.25) is 9.69 Å². The van der Waals surface area contributed by atoms with Crippen molar-refractivity contribution in [3.8, 4) is 0 Å². The van der Waals surface area contributed by atoms with Crippen molar-refractivity contribution in [3.05, 3.63) is 29.8 Å². The van der Waals surface area contributed by atoms with Crippen LogP contribution in [0, 0.1) is 0 Å². The molecule has 1 aromatic carbocycles. The predicted octanol–water partition coefficient (Wildman–Crippen LogP) is 1.96. The Kier molecular flexibility index (Phi) is 6.63. The lowest BCUT2D eigenvalue weighted by Crippen LogP contribution is -2.53. The van der Waals surface area contributed by atoms with E-state index < -0.39 is 0 Å². The molecule has 5 heteroatoms. The largest absolute Gasteiger partial charge is 0.372 e. The molecule has 0 radical (unpaired) electrons. The van der Waals surface area contributed by atoms with E-state index in [1.54, 1.807) is 4.90 Å². The average Bonchev–Trinajstić information content (AvgIpc) is 2.57. The van der Waals surface area contributed by atoms with Crippen LogP contribution in [-0.2, 0) is 4.79 Å². The zero-order valence-corrected chi connectivity index (χ0v) is 15.7. The van der Waals surface area contributed by atoms with Gasteiger partial charge in [0.15, 0.2) is 0 Å². The summed E-state index contributed by atoms with van der Waals surface area (Å²) in [6, 6.07) is 8.73. The summed E-state index contributed by atoms with van der Waals surface area (Å²) in [5, 5.41) is 3.45. The lowest BCUT2D eigenvalue weighted by molar-refractivity contribution is -0.135. The monoisotopic (exact) mass is 332 g/mol. The van der Waals surface area contributed by atoms with E-state index in [4.69, 9.17) is 0 Å². The van der Waals surface area contributed by atoms with E-state index in [1.807, 2.05) is 14.1 Å². The number of likely N-dealkylation sites (N-methyl/N-ethyl adjacent to an activating group) is 1. The molecule has 5 nitrogen and oxygen atoms in total. The molecule has 1 aliphatic rings. The van der Waals surface area contributed by atoms with E-state index in [9.17, 15) is 4.79 Å². The number of benzene rings is 1. The number of carbonyl (C=O) groups excluding carboxylic acids is 1. The molecule has 1 amide bonds. The average molecular weight is 332 g/mol. The van der Waals surface area contributed by atoms with Crippen LogP contribution in [0.4, 0.5) is 5.69 Å². The number of nitrogens with zero attached hydrogens (tertiary/aromatic N) is 3. The summed E-state index contributed by atoms with van der Waals surface area (Å²) in [6.45, 7) is 11.2.